The minimum atomic E-state index is -0.422. The SMILES string of the molecule is CC[C@H](C)c1cc(C(=O)N2CCO[C@@H](c3nnc(C(C)C)o3)C2)on1. The fourth-order valence-corrected chi connectivity index (χ4v) is 2.58. The molecule has 2 atom stereocenters. The number of hydrogen-bond donors (Lipinski definition) is 0. The zero-order valence-electron chi connectivity index (χ0n) is 15.1. The number of rotatable bonds is 5. The van der Waals surface area contributed by atoms with Gasteiger partial charge in [-0.25, -0.2) is 0 Å². The third kappa shape index (κ3) is 3.73. The second-order valence-electron chi connectivity index (χ2n) is 6.67. The Morgan fingerprint density at radius 1 is 1.36 bits per heavy atom. The number of hydrogen-bond acceptors (Lipinski definition) is 7. The van der Waals surface area contributed by atoms with E-state index in [1.807, 2.05) is 13.8 Å². The summed E-state index contributed by atoms with van der Waals surface area (Å²) in [6.45, 7) is 9.32. The molecule has 1 aliphatic rings. The third-order valence-electron chi connectivity index (χ3n) is 4.44. The molecule has 1 saturated heterocycles. The lowest BCUT2D eigenvalue weighted by atomic mass is 10.1. The molecule has 0 bridgehead atoms. The maximum absolute atomic E-state index is 12.7. The van der Waals surface area contributed by atoms with Crippen LogP contribution in [0.15, 0.2) is 15.0 Å². The lowest BCUT2D eigenvalue weighted by Gasteiger charge is -2.30. The Bertz CT molecular complexity index is 724. The first-order chi connectivity index (χ1) is 12.0. The predicted octanol–water partition coefficient (Wildman–Crippen LogP) is 2.91. The maximum atomic E-state index is 12.7. The van der Waals surface area contributed by atoms with Crippen molar-refractivity contribution in [1.82, 2.24) is 20.3 Å². The number of carbonyl (C=O) groups is 1. The smallest absolute Gasteiger partial charge is 0.292 e. The van der Waals surface area contributed by atoms with Gasteiger partial charge in [0.2, 0.25) is 17.5 Å². The van der Waals surface area contributed by atoms with Crippen LogP contribution in [0.1, 0.15) is 80.1 Å². The van der Waals surface area contributed by atoms with E-state index in [2.05, 4.69) is 29.2 Å². The Kier molecular flexibility index (Phi) is 5.17. The molecule has 0 aromatic carbocycles. The fourth-order valence-electron chi connectivity index (χ4n) is 2.58. The van der Waals surface area contributed by atoms with Crippen LogP contribution in [0.5, 0.6) is 0 Å². The molecule has 3 heterocycles. The molecule has 25 heavy (non-hydrogen) atoms. The van der Waals surface area contributed by atoms with Gasteiger partial charge < -0.3 is 18.6 Å². The van der Waals surface area contributed by atoms with Crippen LogP contribution in [0, 0.1) is 0 Å². The lowest BCUT2D eigenvalue weighted by Crippen LogP contribution is -2.42. The monoisotopic (exact) mass is 348 g/mol. The van der Waals surface area contributed by atoms with E-state index in [0.717, 1.165) is 12.1 Å². The molecular formula is C17H24N4O4. The molecule has 0 aliphatic carbocycles. The molecule has 0 N–H and O–H groups in total. The van der Waals surface area contributed by atoms with Crippen molar-refractivity contribution < 1.29 is 18.5 Å². The Hall–Kier alpha value is -2.22. The van der Waals surface area contributed by atoms with Gasteiger partial charge in [0, 0.05) is 24.4 Å². The molecule has 0 unspecified atom stereocenters. The highest BCUT2D eigenvalue weighted by molar-refractivity contribution is 5.91. The van der Waals surface area contributed by atoms with Gasteiger partial charge in [-0.15, -0.1) is 10.2 Å². The van der Waals surface area contributed by atoms with Crippen LogP contribution in [0.3, 0.4) is 0 Å². The van der Waals surface area contributed by atoms with E-state index < -0.39 is 6.10 Å². The number of amides is 1. The average Bonchev–Trinajstić information content (AvgIpc) is 3.30. The molecule has 0 saturated carbocycles. The quantitative estimate of drug-likeness (QED) is 0.820. The van der Waals surface area contributed by atoms with Gasteiger partial charge in [-0.1, -0.05) is 32.9 Å². The number of nitrogens with zero attached hydrogens (tertiary/aromatic N) is 4. The van der Waals surface area contributed by atoms with Crippen LogP contribution in [0.4, 0.5) is 0 Å². The van der Waals surface area contributed by atoms with Crippen molar-refractivity contribution in [3.8, 4) is 0 Å². The van der Waals surface area contributed by atoms with E-state index in [1.54, 1.807) is 11.0 Å². The van der Waals surface area contributed by atoms with Crippen molar-refractivity contribution in [2.75, 3.05) is 19.7 Å². The summed E-state index contributed by atoms with van der Waals surface area (Å²) in [5.41, 5.74) is 0.800. The lowest BCUT2D eigenvalue weighted by molar-refractivity contribution is -0.0360. The van der Waals surface area contributed by atoms with Crippen LogP contribution in [0.2, 0.25) is 0 Å². The van der Waals surface area contributed by atoms with Crippen molar-refractivity contribution in [2.24, 2.45) is 0 Å². The summed E-state index contributed by atoms with van der Waals surface area (Å²) >= 11 is 0. The van der Waals surface area contributed by atoms with E-state index in [9.17, 15) is 4.79 Å². The Balaban J connectivity index is 1.70. The van der Waals surface area contributed by atoms with Gasteiger partial charge in [0.25, 0.3) is 5.91 Å². The first-order valence-electron chi connectivity index (χ1n) is 8.70. The molecule has 8 nitrogen and oxygen atoms in total. The number of carbonyl (C=O) groups excluding carboxylic acids is 1. The Morgan fingerprint density at radius 3 is 2.84 bits per heavy atom. The zero-order chi connectivity index (χ0) is 18.0. The van der Waals surface area contributed by atoms with Crippen LogP contribution in [-0.2, 0) is 4.74 Å². The second-order valence-corrected chi connectivity index (χ2v) is 6.67. The van der Waals surface area contributed by atoms with Gasteiger partial charge >= 0.3 is 0 Å². The molecular weight excluding hydrogens is 324 g/mol. The van der Waals surface area contributed by atoms with Crippen molar-refractivity contribution in [3.63, 3.8) is 0 Å². The summed E-state index contributed by atoms with van der Waals surface area (Å²) in [4.78, 5) is 14.4. The molecule has 2 aromatic rings. The highest BCUT2D eigenvalue weighted by Gasteiger charge is 2.31. The Morgan fingerprint density at radius 2 is 2.16 bits per heavy atom. The standard InChI is InChI=1S/C17H24N4O4/c1-5-11(4)12-8-13(25-20-12)17(22)21-6-7-23-14(9-21)16-19-18-15(24-16)10(2)3/h8,10-11,14H,5-7,9H2,1-4H3/t11-,14+/m0/s1. The number of aromatic nitrogens is 3. The topological polar surface area (TPSA) is 94.5 Å². The molecule has 1 fully saturated rings. The minimum Gasteiger partial charge on any atom is -0.422 e. The fraction of sp³-hybridized carbons (Fsp3) is 0.647. The van der Waals surface area contributed by atoms with Gasteiger partial charge in [-0.05, 0) is 6.42 Å². The molecule has 8 heteroatoms. The summed E-state index contributed by atoms with van der Waals surface area (Å²) < 4.78 is 16.6. The summed E-state index contributed by atoms with van der Waals surface area (Å²) in [5, 5.41) is 12.1. The van der Waals surface area contributed by atoms with Crippen molar-refractivity contribution in [2.45, 2.75) is 52.1 Å². The highest BCUT2D eigenvalue weighted by atomic mass is 16.5. The summed E-state index contributed by atoms with van der Waals surface area (Å²) in [7, 11) is 0. The molecule has 136 valence electrons. The first-order valence-corrected chi connectivity index (χ1v) is 8.70. The molecule has 1 aliphatic heterocycles. The maximum Gasteiger partial charge on any atom is 0.292 e. The van der Waals surface area contributed by atoms with E-state index in [4.69, 9.17) is 13.7 Å². The normalized spacial score (nSPS) is 19.4. The summed E-state index contributed by atoms with van der Waals surface area (Å²) in [5.74, 6) is 1.43. The first kappa shape index (κ1) is 17.6. The van der Waals surface area contributed by atoms with Gasteiger partial charge in [0.05, 0.1) is 18.8 Å². The molecule has 0 radical (unpaired) electrons. The molecule has 1 amide bonds. The van der Waals surface area contributed by atoms with E-state index in [-0.39, 0.29) is 23.5 Å². The van der Waals surface area contributed by atoms with E-state index >= 15 is 0 Å². The second kappa shape index (κ2) is 7.35. The minimum absolute atomic E-state index is 0.149. The predicted molar refractivity (Wildman–Crippen MR) is 88.2 cm³/mol. The van der Waals surface area contributed by atoms with E-state index in [1.165, 1.54) is 0 Å². The van der Waals surface area contributed by atoms with E-state index in [0.29, 0.717) is 31.5 Å². The van der Waals surface area contributed by atoms with Gasteiger partial charge in [0.1, 0.15) is 0 Å². The van der Waals surface area contributed by atoms with Crippen molar-refractivity contribution in [1.29, 1.82) is 0 Å². The number of morpholine rings is 1. The van der Waals surface area contributed by atoms with Crippen molar-refractivity contribution in [3.05, 3.63) is 29.3 Å². The highest BCUT2D eigenvalue weighted by Crippen LogP contribution is 2.25. The average molecular weight is 348 g/mol. The van der Waals surface area contributed by atoms with Gasteiger partial charge in [-0.3, -0.25) is 4.79 Å². The molecule has 0 spiro atoms. The molecule has 3 rings (SSSR count). The van der Waals surface area contributed by atoms with Crippen LogP contribution >= 0.6 is 0 Å². The summed E-state index contributed by atoms with van der Waals surface area (Å²) in [6, 6.07) is 1.73. The Labute approximate surface area is 146 Å². The van der Waals surface area contributed by atoms with Crippen molar-refractivity contribution >= 4 is 5.91 Å². The largest absolute Gasteiger partial charge is 0.422 e. The van der Waals surface area contributed by atoms with Crippen LogP contribution in [-0.4, -0.2) is 45.9 Å². The number of ether oxygens (including phenoxy) is 1. The molecule has 2 aromatic heterocycles. The van der Waals surface area contributed by atoms with Crippen LogP contribution in [0.25, 0.3) is 0 Å². The third-order valence-corrected chi connectivity index (χ3v) is 4.44. The summed E-state index contributed by atoms with van der Waals surface area (Å²) in [6.07, 6.45) is 0.518. The zero-order valence-corrected chi connectivity index (χ0v) is 15.1. The van der Waals surface area contributed by atoms with Crippen LogP contribution < -0.4 is 0 Å². The van der Waals surface area contributed by atoms with Gasteiger partial charge in [-0.2, -0.15) is 0 Å². The van der Waals surface area contributed by atoms with Gasteiger partial charge in [0.15, 0.2) is 6.10 Å².